The maximum absolute atomic E-state index is 10.5. The van der Waals surface area contributed by atoms with E-state index < -0.39 is 8.25 Å². The number of rotatable bonds is 11. The molecule has 1 N–H and O–H groups in total. The normalized spacial score (nSPS) is 13.8. The van der Waals surface area contributed by atoms with E-state index in [1.807, 2.05) is 0 Å². The van der Waals surface area contributed by atoms with Gasteiger partial charge in [0.1, 0.15) is 6.61 Å². The van der Waals surface area contributed by atoms with Gasteiger partial charge in [-0.25, -0.2) is 0 Å². The van der Waals surface area contributed by atoms with Crippen molar-refractivity contribution in [3.8, 4) is 0 Å². The molecule has 96 valence electrons. The highest BCUT2D eigenvalue weighted by Gasteiger charge is 2.17. The lowest BCUT2D eigenvalue weighted by molar-refractivity contribution is 0.212. The van der Waals surface area contributed by atoms with Crippen molar-refractivity contribution in [2.24, 2.45) is 5.92 Å². The molecule has 0 amide bonds. The van der Waals surface area contributed by atoms with Crippen molar-refractivity contribution in [3.05, 3.63) is 0 Å². The van der Waals surface area contributed by atoms with E-state index in [1.54, 1.807) is 0 Å². The molecule has 2 atom stereocenters. The second-order valence-corrected chi connectivity index (χ2v) is 5.13. The molecule has 0 bridgehead atoms. The Hall–Kier alpha value is 0.0200. The van der Waals surface area contributed by atoms with Crippen molar-refractivity contribution >= 4 is 8.25 Å². The van der Waals surface area contributed by atoms with Crippen molar-refractivity contribution in [1.29, 1.82) is 0 Å². The summed E-state index contributed by atoms with van der Waals surface area (Å²) in [6.07, 6.45) is 9.63. The fourth-order valence-electron chi connectivity index (χ4n) is 1.83. The lowest BCUT2D eigenvalue weighted by Crippen LogP contribution is -2.07. The van der Waals surface area contributed by atoms with E-state index in [0.29, 0.717) is 12.5 Å². The van der Waals surface area contributed by atoms with Crippen LogP contribution in [0.4, 0.5) is 0 Å². The zero-order chi connectivity index (χ0) is 12.2. The van der Waals surface area contributed by atoms with Gasteiger partial charge in [-0.2, -0.15) is 0 Å². The number of hydrogen-bond donors (Lipinski definition) is 1. The third kappa shape index (κ3) is 10.5. The highest BCUT2D eigenvalue weighted by atomic mass is 31.1. The van der Waals surface area contributed by atoms with Crippen LogP contribution >= 0.6 is 8.25 Å². The summed E-state index contributed by atoms with van der Waals surface area (Å²) in [6.45, 7) is 4.81. The summed E-state index contributed by atoms with van der Waals surface area (Å²) in [5.74, 6) is 0.461. The zero-order valence-electron chi connectivity index (χ0n) is 10.7. The smallest absolute Gasteiger partial charge is 0.133 e. The van der Waals surface area contributed by atoms with Crippen LogP contribution in [0.15, 0.2) is 0 Å². The minimum atomic E-state index is -2.42. The minimum absolute atomic E-state index is 0.442. The van der Waals surface area contributed by atoms with Crippen LogP contribution < -0.4 is 0 Å². The predicted molar refractivity (Wildman–Crippen MR) is 67.6 cm³/mol. The summed E-state index contributed by atoms with van der Waals surface area (Å²) in [4.78, 5) is 8.62. The highest BCUT2D eigenvalue weighted by Crippen LogP contribution is 2.23. The first kappa shape index (κ1) is 16.0. The average Bonchev–Trinajstić information content (AvgIpc) is 2.26. The molecular formula is C12H26O3P+. The Morgan fingerprint density at radius 2 is 1.69 bits per heavy atom. The molecule has 3 nitrogen and oxygen atoms in total. The summed E-state index contributed by atoms with van der Waals surface area (Å²) in [7, 11) is -2.42. The van der Waals surface area contributed by atoms with Gasteiger partial charge in [-0.05, 0) is 18.8 Å². The molecule has 0 aliphatic carbocycles. The second-order valence-electron chi connectivity index (χ2n) is 4.39. The molecule has 0 spiro atoms. The Balaban J connectivity index is 3.66. The molecule has 0 saturated heterocycles. The Labute approximate surface area is 101 Å². The van der Waals surface area contributed by atoms with Gasteiger partial charge in [0.2, 0.25) is 0 Å². The topological polar surface area (TPSA) is 46.5 Å². The lowest BCUT2D eigenvalue weighted by atomic mass is 9.96. The first-order valence-electron chi connectivity index (χ1n) is 6.49. The van der Waals surface area contributed by atoms with Crippen LogP contribution in [0.1, 0.15) is 65.2 Å². The number of hydrogen-bond acceptors (Lipinski definition) is 2. The van der Waals surface area contributed by atoms with E-state index in [0.717, 1.165) is 12.8 Å². The van der Waals surface area contributed by atoms with E-state index in [9.17, 15) is 4.57 Å². The van der Waals surface area contributed by atoms with Crippen molar-refractivity contribution in [1.82, 2.24) is 0 Å². The van der Waals surface area contributed by atoms with Gasteiger partial charge in [0.15, 0.2) is 0 Å². The van der Waals surface area contributed by atoms with Gasteiger partial charge in [0, 0.05) is 4.57 Å². The van der Waals surface area contributed by atoms with Crippen molar-refractivity contribution < 1.29 is 14.0 Å². The maximum Gasteiger partial charge on any atom is 0.694 e. The highest BCUT2D eigenvalue weighted by molar-refractivity contribution is 7.32. The van der Waals surface area contributed by atoms with Crippen LogP contribution in [0.5, 0.6) is 0 Å². The summed E-state index contributed by atoms with van der Waals surface area (Å²) < 4.78 is 15.3. The van der Waals surface area contributed by atoms with E-state index in [2.05, 4.69) is 13.8 Å². The first-order chi connectivity index (χ1) is 7.70. The standard InChI is InChI=1S/C12H25O3P/c1-3-5-7-8-10-12(9-6-4-2)11-15-16(13)14/h12H,3-11H2,1-2H3/p+1. The van der Waals surface area contributed by atoms with Gasteiger partial charge in [-0.1, -0.05) is 52.4 Å². The SMILES string of the molecule is CCCCCCC(CCCC)CO[P+](=O)O. The molecule has 4 heteroatoms. The van der Waals surface area contributed by atoms with Gasteiger partial charge >= 0.3 is 8.25 Å². The Morgan fingerprint density at radius 3 is 2.25 bits per heavy atom. The molecule has 0 aromatic heterocycles. The molecule has 0 aromatic carbocycles. The molecule has 0 fully saturated rings. The lowest BCUT2D eigenvalue weighted by Gasteiger charge is -2.12. The van der Waals surface area contributed by atoms with Crippen molar-refractivity contribution in [2.45, 2.75) is 65.2 Å². The summed E-state index contributed by atoms with van der Waals surface area (Å²) in [5, 5.41) is 0. The summed E-state index contributed by atoms with van der Waals surface area (Å²) in [5.41, 5.74) is 0. The average molecular weight is 249 g/mol. The van der Waals surface area contributed by atoms with E-state index in [1.165, 1.54) is 38.5 Å². The largest absolute Gasteiger partial charge is 0.694 e. The van der Waals surface area contributed by atoms with Gasteiger partial charge in [0.25, 0.3) is 0 Å². The molecule has 0 aliphatic rings. The predicted octanol–water partition coefficient (Wildman–Crippen LogP) is 4.43. The van der Waals surface area contributed by atoms with Crippen LogP contribution in [0.25, 0.3) is 0 Å². The molecule has 0 saturated carbocycles. The van der Waals surface area contributed by atoms with Crippen molar-refractivity contribution in [3.63, 3.8) is 0 Å². The second kappa shape index (κ2) is 11.5. The van der Waals surface area contributed by atoms with Crippen LogP contribution in [-0.4, -0.2) is 11.5 Å². The molecule has 0 aliphatic heterocycles. The summed E-state index contributed by atoms with van der Waals surface area (Å²) in [6, 6.07) is 0. The van der Waals surface area contributed by atoms with Crippen LogP contribution in [0.3, 0.4) is 0 Å². The molecule has 0 heterocycles. The fraction of sp³-hybridized carbons (Fsp3) is 1.00. The van der Waals surface area contributed by atoms with Crippen LogP contribution in [0, 0.1) is 5.92 Å². The minimum Gasteiger partial charge on any atom is -0.133 e. The Bertz CT molecular complexity index is 174. The Morgan fingerprint density at radius 1 is 1.06 bits per heavy atom. The fourth-order valence-corrected chi connectivity index (χ4v) is 2.17. The van der Waals surface area contributed by atoms with Crippen LogP contribution in [0.2, 0.25) is 0 Å². The van der Waals surface area contributed by atoms with Crippen LogP contribution in [-0.2, 0) is 9.09 Å². The first-order valence-corrected chi connectivity index (χ1v) is 7.62. The van der Waals surface area contributed by atoms with E-state index in [4.69, 9.17) is 9.42 Å². The van der Waals surface area contributed by atoms with Gasteiger partial charge in [-0.15, -0.1) is 9.42 Å². The van der Waals surface area contributed by atoms with Gasteiger partial charge < -0.3 is 0 Å². The van der Waals surface area contributed by atoms with E-state index >= 15 is 0 Å². The molecule has 0 rings (SSSR count). The summed E-state index contributed by atoms with van der Waals surface area (Å²) >= 11 is 0. The molecule has 2 unspecified atom stereocenters. The van der Waals surface area contributed by atoms with E-state index in [-0.39, 0.29) is 0 Å². The molecular weight excluding hydrogens is 223 g/mol. The van der Waals surface area contributed by atoms with Crippen molar-refractivity contribution in [2.75, 3.05) is 6.61 Å². The van der Waals surface area contributed by atoms with Gasteiger partial charge in [0.05, 0.1) is 0 Å². The van der Waals surface area contributed by atoms with Gasteiger partial charge in [-0.3, -0.25) is 0 Å². The third-order valence-corrected chi connectivity index (χ3v) is 3.22. The molecule has 0 radical (unpaired) electrons. The maximum atomic E-state index is 10.5. The molecule has 0 aromatic rings. The molecule has 16 heavy (non-hydrogen) atoms. The number of unbranched alkanes of at least 4 members (excludes halogenated alkanes) is 4. The Kier molecular flexibility index (Phi) is 11.5. The zero-order valence-corrected chi connectivity index (χ0v) is 11.5. The monoisotopic (exact) mass is 249 g/mol. The third-order valence-electron chi connectivity index (χ3n) is 2.85. The quantitative estimate of drug-likeness (QED) is 0.435.